The molecule has 0 bridgehead atoms. The molecule has 0 aliphatic heterocycles. The fourth-order valence-corrected chi connectivity index (χ4v) is 5.53. The van der Waals surface area contributed by atoms with Gasteiger partial charge in [-0.2, -0.15) is 0 Å². The van der Waals surface area contributed by atoms with Gasteiger partial charge in [-0.3, -0.25) is 4.79 Å². The number of unbranched alkanes of at least 4 members (excludes halogenated alkanes) is 26. The second-order valence-electron chi connectivity index (χ2n) is 13.7. The van der Waals surface area contributed by atoms with Gasteiger partial charge in [-0.05, 0) is 33.1 Å². The maximum absolute atomic E-state index is 11.0. The van der Waals surface area contributed by atoms with E-state index in [4.69, 9.17) is 0 Å². The highest BCUT2D eigenvalue weighted by Crippen LogP contribution is 2.13. The van der Waals surface area contributed by atoms with Gasteiger partial charge in [0.2, 0.25) is 0 Å². The van der Waals surface area contributed by atoms with E-state index in [0.717, 1.165) is 44.9 Å². The second kappa shape index (κ2) is 45.1. The summed E-state index contributed by atoms with van der Waals surface area (Å²) in [5, 5.41) is 0. The van der Waals surface area contributed by atoms with Crippen LogP contribution < -0.4 is 0 Å². The number of ketones is 3. The Morgan fingerprint density at radius 1 is 0.289 bits per heavy atom. The molecule has 0 aliphatic carbocycles. The van der Waals surface area contributed by atoms with Crippen LogP contribution in [0.25, 0.3) is 0 Å². The van der Waals surface area contributed by atoms with Crippen LogP contribution in [0.3, 0.4) is 0 Å². The zero-order valence-electron chi connectivity index (χ0n) is 32.1. The average molecular weight is 637 g/mol. The average Bonchev–Trinajstić information content (AvgIpc) is 3.02. The van der Waals surface area contributed by atoms with Gasteiger partial charge in [-0.15, -0.1) is 0 Å². The lowest BCUT2D eigenvalue weighted by molar-refractivity contribution is -0.119. The third-order valence-corrected chi connectivity index (χ3v) is 8.72. The Hall–Kier alpha value is -0.990. The van der Waals surface area contributed by atoms with E-state index in [1.807, 2.05) is 6.92 Å². The van der Waals surface area contributed by atoms with E-state index in [1.165, 1.54) is 167 Å². The van der Waals surface area contributed by atoms with Crippen molar-refractivity contribution in [2.24, 2.45) is 0 Å². The van der Waals surface area contributed by atoms with E-state index >= 15 is 0 Å². The Morgan fingerprint density at radius 2 is 0.489 bits per heavy atom. The van der Waals surface area contributed by atoms with Crippen LogP contribution in [0.15, 0.2) is 0 Å². The van der Waals surface area contributed by atoms with Gasteiger partial charge >= 0.3 is 0 Å². The molecule has 0 rings (SSSR count). The van der Waals surface area contributed by atoms with Crippen molar-refractivity contribution in [3.8, 4) is 0 Å². The Labute approximate surface area is 284 Å². The van der Waals surface area contributed by atoms with Crippen LogP contribution in [-0.4, -0.2) is 17.3 Å². The Bertz CT molecular complexity index is 582. The van der Waals surface area contributed by atoms with Crippen molar-refractivity contribution in [3.63, 3.8) is 0 Å². The van der Waals surface area contributed by atoms with Gasteiger partial charge < -0.3 is 9.59 Å². The molecule has 0 aliphatic rings. The van der Waals surface area contributed by atoms with Gasteiger partial charge in [0.1, 0.15) is 17.3 Å². The molecule has 270 valence electrons. The predicted octanol–water partition coefficient (Wildman–Crippen LogP) is 14.7. The van der Waals surface area contributed by atoms with Gasteiger partial charge in [-0.25, -0.2) is 0 Å². The number of carbonyl (C=O) groups is 3. The van der Waals surface area contributed by atoms with Crippen molar-refractivity contribution in [3.05, 3.63) is 0 Å². The molecule has 3 nitrogen and oxygen atoms in total. The molecule has 0 amide bonds. The molecule has 0 atom stereocenters. The summed E-state index contributed by atoms with van der Waals surface area (Å²) in [6, 6.07) is 0. The molecule has 0 radical (unpaired) electrons. The maximum atomic E-state index is 11.0. The summed E-state index contributed by atoms with van der Waals surface area (Å²) >= 11 is 0. The molecule has 0 unspecified atom stereocenters. The number of hydrogen-bond donors (Lipinski definition) is 0. The molecular formula is C42H84O3. The summed E-state index contributed by atoms with van der Waals surface area (Å²) in [6.45, 7) is 12.1. The monoisotopic (exact) mass is 637 g/mol. The van der Waals surface area contributed by atoms with Crippen molar-refractivity contribution in [1.82, 2.24) is 0 Å². The lowest BCUT2D eigenvalue weighted by Crippen LogP contribution is -1.94. The summed E-state index contributed by atoms with van der Waals surface area (Å²) in [6.07, 6.45) is 41.9. The first-order valence-electron chi connectivity index (χ1n) is 20.4. The number of hydrogen-bond acceptors (Lipinski definition) is 3. The molecule has 0 aromatic carbocycles. The van der Waals surface area contributed by atoms with Gasteiger partial charge in [0.15, 0.2) is 0 Å². The van der Waals surface area contributed by atoms with E-state index in [1.54, 1.807) is 13.8 Å². The highest BCUT2D eigenvalue weighted by atomic mass is 16.1. The smallest absolute Gasteiger partial charge is 0.132 e. The summed E-state index contributed by atoms with van der Waals surface area (Å²) in [5.74, 6) is 1.11. The first kappa shape index (κ1) is 48.4. The largest absolute Gasteiger partial charge is 0.300 e. The molecule has 0 spiro atoms. The van der Waals surface area contributed by atoms with Crippen LogP contribution >= 0.6 is 0 Å². The van der Waals surface area contributed by atoms with Crippen molar-refractivity contribution in [1.29, 1.82) is 0 Å². The van der Waals surface area contributed by atoms with E-state index < -0.39 is 0 Å². The third-order valence-electron chi connectivity index (χ3n) is 8.72. The fraction of sp³-hybridized carbons (Fsp3) is 0.929. The molecule has 0 heterocycles. The molecule has 0 aromatic rings. The van der Waals surface area contributed by atoms with Crippen LogP contribution in [0.5, 0.6) is 0 Å². The zero-order chi connectivity index (χ0) is 34.1. The van der Waals surface area contributed by atoms with Crippen molar-refractivity contribution in [2.75, 3.05) is 0 Å². The minimum Gasteiger partial charge on any atom is -0.300 e. The highest BCUT2D eigenvalue weighted by Gasteiger charge is 1.98. The molecule has 3 heteroatoms. The van der Waals surface area contributed by atoms with Gasteiger partial charge in [-0.1, -0.05) is 195 Å². The normalized spacial score (nSPS) is 10.5. The number of rotatable bonds is 33. The standard InChI is InChI=1S/C15H30O.C14H28O.C13H26O/c1-3-4-5-6-7-8-9-10-11-12-13-14-15(2)16;1-3-4-5-6-7-8-9-10-11-12-13-14(2)15;1-3-5-6-7-8-9-10-11-12-13(14)4-2/h3-14H2,1-2H3;3-13H2,1-2H3;3-12H2,1-2H3. The van der Waals surface area contributed by atoms with Crippen LogP contribution in [0, 0.1) is 0 Å². The topological polar surface area (TPSA) is 51.2 Å². The van der Waals surface area contributed by atoms with Crippen LogP contribution in [0.4, 0.5) is 0 Å². The fourth-order valence-electron chi connectivity index (χ4n) is 5.53. The van der Waals surface area contributed by atoms with Crippen molar-refractivity contribution in [2.45, 2.75) is 253 Å². The summed E-state index contributed by atoms with van der Waals surface area (Å²) in [4.78, 5) is 32.4. The summed E-state index contributed by atoms with van der Waals surface area (Å²) in [7, 11) is 0. The first-order valence-corrected chi connectivity index (χ1v) is 20.4. The highest BCUT2D eigenvalue weighted by molar-refractivity contribution is 5.77. The van der Waals surface area contributed by atoms with E-state index in [2.05, 4.69) is 20.8 Å². The third kappa shape index (κ3) is 55.8. The van der Waals surface area contributed by atoms with Gasteiger partial charge in [0, 0.05) is 25.7 Å². The minimum absolute atomic E-state index is 0.342. The Balaban J connectivity index is -0.000000589. The van der Waals surface area contributed by atoms with E-state index in [-0.39, 0.29) is 0 Å². The molecule has 0 aromatic heterocycles. The molecule has 0 fully saturated rings. The molecule has 45 heavy (non-hydrogen) atoms. The Kier molecular flexibility index (Phi) is 48.6. The number of Topliss-reactive ketones (excluding diaryl/α,β-unsaturated/α-hetero) is 3. The quantitative estimate of drug-likeness (QED) is 0.0673. The molecule has 0 saturated carbocycles. The minimum atomic E-state index is 0.342. The van der Waals surface area contributed by atoms with Crippen LogP contribution in [-0.2, 0) is 14.4 Å². The lowest BCUT2D eigenvalue weighted by Gasteiger charge is -2.01. The van der Waals surface area contributed by atoms with Gasteiger partial charge in [0.05, 0.1) is 0 Å². The molecule has 0 N–H and O–H groups in total. The van der Waals surface area contributed by atoms with Crippen molar-refractivity contribution < 1.29 is 14.4 Å². The predicted molar refractivity (Wildman–Crippen MR) is 201 cm³/mol. The zero-order valence-corrected chi connectivity index (χ0v) is 32.1. The molecule has 0 saturated heterocycles. The summed E-state index contributed by atoms with van der Waals surface area (Å²) in [5.41, 5.74) is 0. The Morgan fingerprint density at radius 3 is 0.689 bits per heavy atom. The second-order valence-corrected chi connectivity index (χ2v) is 13.7. The first-order chi connectivity index (χ1) is 21.8. The lowest BCUT2D eigenvalue weighted by atomic mass is 10.0. The maximum Gasteiger partial charge on any atom is 0.132 e. The SMILES string of the molecule is CCCCCCCCCCC(=O)CC.CCCCCCCCCCCCC(C)=O.CCCCCCCCCCCCCC(C)=O. The van der Waals surface area contributed by atoms with E-state index in [0.29, 0.717) is 17.3 Å². The van der Waals surface area contributed by atoms with E-state index in [9.17, 15) is 14.4 Å². The van der Waals surface area contributed by atoms with Gasteiger partial charge in [0.25, 0.3) is 0 Å². The molecular weight excluding hydrogens is 552 g/mol. The number of carbonyl (C=O) groups excluding carboxylic acids is 3. The van der Waals surface area contributed by atoms with Crippen LogP contribution in [0.1, 0.15) is 253 Å². The summed E-state index contributed by atoms with van der Waals surface area (Å²) < 4.78 is 0. The van der Waals surface area contributed by atoms with Crippen molar-refractivity contribution >= 4 is 17.3 Å². The van der Waals surface area contributed by atoms with Crippen LogP contribution in [0.2, 0.25) is 0 Å².